The van der Waals surface area contributed by atoms with Crippen LogP contribution in [0.3, 0.4) is 0 Å². The Balaban J connectivity index is 1.58. The molecule has 0 saturated heterocycles. The number of thiophene rings is 1. The summed E-state index contributed by atoms with van der Waals surface area (Å²) in [6, 6.07) is 19.9. The van der Waals surface area contributed by atoms with Crippen molar-refractivity contribution >= 4 is 23.1 Å². The van der Waals surface area contributed by atoms with Gasteiger partial charge in [-0.15, -0.1) is 11.3 Å². The Morgan fingerprint density at radius 1 is 0.960 bits per heavy atom. The third kappa shape index (κ3) is 3.59. The zero-order valence-corrected chi connectivity index (χ0v) is 14.7. The van der Waals surface area contributed by atoms with Gasteiger partial charge in [0, 0.05) is 10.6 Å². The number of hydrogen-bond donors (Lipinski definition) is 2. The molecule has 0 spiro atoms. The lowest BCUT2D eigenvalue weighted by Gasteiger charge is -2.19. The Hall–Kier alpha value is -2.59. The van der Waals surface area contributed by atoms with E-state index in [1.807, 2.05) is 41.8 Å². The van der Waals surface area contributed by atoms with Crippen LogP contribution in [-0.4, -0.2) is 6.03 Å². The molecule has 0 fully saturated rings. The summed E-state index contributed by atoms with van der Waals surface area (Å²) < 4.78 is 0. The van der Waals surface area contributed by atoms with E-state index in [0.29, 0.717) is 0 Å². The topological polar surface area (TPSA) is 41.1 Å². The lowest BCUT2D eigenvalue weighted by molar-refractivity contribution is 0.250. The maximum atomic E-state index is 12.5. The van der Waals surface area contributed by atoms with Crippen molar-refractivity contribution in [2.75, 3.05) is 5.32 Å². The first-order valence-electron chi connectivity index (χ1n) is 8.57. The van der Waals surface area contributed by atoms with Crippen molar-refractivity contribution in [1.82, 2.24) is 5.32 Å². The summed E-state index contributed by atoms with van der Waals surface area (Å²) in [4.78, 5) is 13.6. The number of para-hydroxylation sites is 1. The summed E-state index contributed by atoms with van der Waals surface area (Å²) in [5, 5.41) is 8.09. The van der Waals surface area contributed by atoms with E-state index < -0.39 is 0 Å². The smallest absolute Gasteiger partial charge is 0.320 e. The van der Waals surface area contributed by atoms with Gasteiger partial charge in [0.15, 0.2) is 0 Å². The molecule has 2 N–H and O–H groups in total. The van der Waals surface area contributed by atoms with E-state index in [9.17, 15) is 4.79 Å². The van der Waals surface area contributed by atoms with Crippen molar-refractivity contribution in [3.63, 3.8) is 0 Å². The molecule has 2 amide bonds. The third-order valence-electron chi connectivity index (χ3n) is 4.59. The molecule has 1 heterocycles. The molecular weight excluding hydrogens is 328 g/mol. The van der Waals surface area contributed by atoms with Gasteiger partial charge in [-0.3, -0.25) is 0 Å². The number of nitrogens with one attached hydrogen (secondary N) is 2. The maximum Gasteiger partial charge on any atom is 0.320 e. The number of fused-ring (bicyclic) bond motifs is 1. The van der Waals surface area contributed by atoms with Crippen molar-refractivity contribution in [1.29, 1.82) is 0 Å². The molecule has 0 aliphatic heterocycles. The molecular formula is C21H20N2OS. The van der Waals surface area contributed by atoms with E-state index in [0.717, 1.165) is 22.5 Å². The van der Waals surface area contributed by atoms with E-state index in [-0.39, 0.29) is 12.1 Å². The van der Waals surface area contributed by atoms with Gasteiger partial charge in [0.2, 0.25) is 0 Å². The van der Waals surface area contributed by atoms with Crippen molar-refractivity contribution in [2.45, 2.75) is 25.3 Å². The molecule has 1 aliphatic rings. The van der Waals surface area contributed by atoms with Crippen molar-refractivity contribution in [2.24, 2.45) is 0 Å². The standard InChI is InChI=1S/C21H20N2OS/c24-21(22-18-8-2-1-3-9-18)23-20(19-10-5-13-25-19)17-12-11-15-6-4-7-16(15)14-17/h1-3,5,8-14,20H,4,6-7H2,(H2,22,23,24)/t20-/m1/s1. The predicted molar refractivity (Wildman–Crippen MR) is 103 cm³/mol. The molecule has 1 atom stereocenters. The summed E-state index contributed by atoms with van der Waals surface area (Å²) in [5.41, 5.74) is 4.80. The van der Waals surface area contributed by atoms with Gasteiger partial charge in [-0.2, -0.15) is 0 Å². The zero-order chi connectivity index (χ0) is 17.1. The number of rotatable bonds is 4. The molecule has 126 valence electrons. The normalized spacial score (nSPS) is 13.9. The fourth-order valence-corrected chi connectivity index (χ4v) is 4.17. The molecule has 3 nitrogen and oxygen atoms in total. The van der Waals surface area contributed by atoms with Gasteiger partial charge in [0.1, 0.15) is 0 Å². The van der Waals surface area contributed by atoms with Gasteiger partial charge in [-0.25, -0.2) is 4.79 Å². The monoisotopic (exact) mass is 348 g/mol. The lowest BCUT2D eigenvalue weighted by atomic mass is 10.00. The quantitative estimate of drug-likeness (QED) is 0.673. The van der Waals surface area contributed by atoms with Crippen LogP contribution in [0.2, 0.25) is 0 Å². The summed E-state index contributed by atoms with van der Waals surface area (Å²) >= 11 is 1.66. The second-order valence-electron chi connectivity index (χ2n) is 6.29. The highest BCUT2D eigenvalue weighted by Crippen LogP contribution is 2.30. The predicted octanol–water partition coefficient (Wildman–Crippen LogP) is 5.15. The fourth-order valence-electron chi connectivity index (χ4n) is 3.37. The van der Waals surface area contributed by atoms with E-state index in [1.54, 1.807) is 11.3 Å². The number of carbonyl (C=O) groups excluding carboxylic acids is 1. The summed E-state index contributed by atoms with van der Waals surface area (Å²) in [6.07, 6.45) is 3.53. The molecule has 1 aromatic heterocycles. The molecule has 3 aromatic rings. The SMILES string of the molecule is O=C(Nc1ccccc1)N[C@H](c1ccc2c(c1)CCC2)c1cccs1. The molecule has 25 heavy (non-hydrogen) atoms. The Morgan fingerprint density at radius 3 is 2.60 bits per heavy atom. The van der Waals surface area contributed by atoms with Crippen LogP contribution >= 0.6 is 11.3 Å². The third-order valence-corrected chi connectivity index (χ3v) is 5.53. The minimum Gasteiger partial charge on any atom is -0.326 e. The van der Waals surface area contributed by atoms with Crippen LogP contribution in [0.1, 0.15) is 34.0 Å². The number of benzene rings is 2. The van der Waals surface area contributed by atoms with Gasteiger partial charge < -0.3 is 10.6 Å². The summed E-state index contributed by atoms with van der Waals surface area (Å²) in [5.74, 6) is 0. The van der Waals surface area contributed by atoms with E-state index in [1.165, 1.54) is 24.0 Å². The first-order chi connectivity index (χ1) is 12.3. The van der Waals surface area contributed by atoms with Crippen LogP contribution in [0.5, 0.6) is 0 Å². The molecule has 4 rings (SSSR count). The van der Waals surface area contributed by atoms with Crippen LogP contribution < -0.4 is 10.6 Å². The zero-order valence-electron chi connectivity index (χ0n) is 13.9. The van der Waals surface area contributed by atoms with Crippen molar-refractivity contribution in [3.05, 3.63) is 87.6 Å². The molecule has 4 heteroatoms. The second-order valence-corrected chi connectivity index (χ2v) is 7.27. The number of hydrogen-bond acceptors (Lipinski definition) is 2. The van der Waals surface area contributed by atoms with Gasteiger partial charge >= 0.3 is 6.03 Å². The summed E-state index contributed by atoms with van der Waals surface area (Å²) in [7, 11) is 0. The Labute approximate surface area is 151 Å². The van der Waals surface area contributed by atoms with Gasteiger partial charge in [0.25, 0.3) is 0 Å². The Morgan fingerprint density at radius 2 is 1.80 bits per heavy atom. The maximum absolute atomic E-state index is 12.5. The highest BCUT2D eigenvalue weighted by Gasteiger charge is 2.20. The van der Waals surface area contributed by atoms with Crippen molar-refractivity contribution in [3.8, 4) is 0 Å². The largest absolute Gasteiger partial charge is 0.326 e. The Bertz CT molecular complexity index is 859. The van der Waals surface area contributed by atoms with Crippen LogP contribution in [0.4, 0.5) is 10.5 Å². The number of amides is 2. The molecule has 2 aromatic carbocycles. The molecule has 0 saturated carbocycles. The number of urea groups is 1. The number of anilines is 1. The van der Waals surface area contributed by atoms with Crippen LogP contribution in [-0.2, 0) is 12.8 Å². The second kappa shape index (κ2) is 7.11. The van der Waals surface area contributed by atoms with Crippen LogP contribution in [0.15, 0.2) is 66.0 Å². The lowest BCUT2D eigenvalue weighted by Crippen LogP contribution is -2.32. The molecule has 0 unspecified atom stereocenters. The highest BCUT2D eigenvalue weighted by atomic mass is 32.1. The number of aryl methyl sites for hydroxylation is 2. The van der Waals surface area contributed by atoms with E-state index in [2.05, 4.69) is 34.9 Å². The van der Waals surface area contributed by atoms with E-state index in [4.69, 9.17) is 0 Å². The fraction of sp³-hybridized carbons (Fsp3) is 0.190. The van der Waals surface area contributed by atoms with Gasteiger partial charge in [0.05, 0.1) is 6.04 Å². The van der Waals surface area contributed by atoms with E-state index >= 15 is 0 Å². The highest BCUT2D eigenvalue weighted by molar-refractivity contribution is 7.10. The molecule has 0 radical (unpaired) electrons. The number of carbonyl (C=O) groups is 1. The van der Waals surface area contributed by atoms with Crippen LogP contribution in [0.25, 0.3) is 0 Å². The van der Waals surface area contributed by atoms with Gasteiger partial charge in [-0.1, -0.05) is 42.5 Å². The summed E-state index contributed by atoms with van der Waals surface area (Å²) in [6.45, 7) is 0. The van der Waals surface area contributed by atoms with Crippen molar-refractivity contribution < 1.29 is 4.79 Å². The first kappa shape index (κ1) is 15.9. The Kier molecular flexibility index (Phi) is 4.53. The van der Waals surface area contributed by atoms with Crippen LogP contribution in [0, 0.1) is 0 Å². The molecule has 1 aliphatic carbocycles. The first-order valence-corrected chi connectivity index (χ1v) is 9.45. The minimum atomic E-state index is -0.190. The van der Waals surface area contributed by atoms with Gasteiger partial charge in [-0.05, 0) is 59.5 Å². The minimum absolute atomic E-state index is 0.130. The average molecular weight is 348 g/mol. The average Bonchev–Trinajstić information content (AvgIpc) is 3.31. The molecule has 0 bridgehead atoms.